The highest BCUT2D eigenvalue weighted by Gasteiger charge is 2.00. The minimum atomic E-state index is 0.455. The molecular formula is C15H17N3OS. The Labute approximate surface area is 122 Å². The Balaban J connectivity index is 1.82. The van der Waals surface area contributed by atoms with Gasteiger partial charge in [-0.1, -0.05) is 12.0 Å². The van der Waals surface area contributed by atoms with Gasteiger partial charge >= 0.3 is 0 Å². The number of aliphatic imine (C=N–C) groups is 1. The van der Waals surface area contributed by atoms with Crippen molar-refractivity contribution in [3.05, 3.63) is 46.5 Å². The normalized spacial score (nSPS) is 11.1. The molecule has 0 radical (unpaired) electrons. The minimum Gasteiger partial charge on any atom is -0.469 e. The van der Waals surface area contributed by atoms with Gasteiger partial charge in [-0.2, -0.15) is 0 Å². The third kappa shape index (κ3) is 4.82. The highest BCUT2D eigenvalue weighted by molar-refractivity contribution is 7.09. The fourth-order valence-electron chi connectivity index (χ4n) is 1.63. The van der Waals surface area contributed by atoms with Gasteiger partial charge in [-0.25, -0.2) is 4.99 Å². The molecule has 5 heteroatoms. The summed E-state index contributed by atoms with van der Waals surface area (Å²) in [6.07, 6.45) is 7.75. The van der Waals surface area contributed by atoms with Gasteiger partial charge in [0.1, 0.15) is 5.76 Å². The maximum absolute atomic E-state index is 5.28. The zero-order chi connectivity index (χ0) is 14.0. The number of guanidine groups is 1. The maximum atomic E-state index is 5.28. The summed E-state index contributed by atoms with van der Waals surface area (Å²) >= 11 is 1.69. The van der Waals surface area contributed by atoms with Gasteiger partial charge in [-0.15, -0.1) is 17.8 Å². The average Bonchev–Trinajstić information content (AvgIpc) is 3.14. The first-order valence-electron chi connectivity index (χ1n) is 6.39. The zero-order valence-electron chi connectivity index (χ0n) is 11.1. The van der Waals surface area contributed by atoms with E-state index in [4.69, 9.17) is 10.8 Å². The SMILES string of the molecule is C#CCNC(=NCc1cccs1)NCCc1ccco1. The number of nitrogens with one attached hydrogen (secondary N) is 2. The lowest BCUT2D eigenvalue weighted by Crippen LogP contribution is -2.38. The summed E-state index contributed by atoms with van der Waals surface area (Å²) in [5, 5.41) is 8.38. The predicted molar refractivity (Wildman–Crippen MR) is 82.7 cm³/mol. The molecule has 0 saturated carbocycles. The number of terminal acetylenes is 1. The highest BCUT2D eigenvalue weighted by atomic mass is 32.1. The van der Waals surface area contributed by atoms with Crippen LogP contribution in [-0.2, 0) is 13.0 Å². The van der Waals surface area contributed by atoms with E-state index in [-0.39, 0.29) is 0 Å². The first kappa shape index (κ1) is 14.2. The van der Waals surface area contributed by atoms with Crippen LogP contribution < -0.4 is 10.6 Å². The van der Waals surface area contributed by atoms with Gasteiger partial charge in [0.15, 0.2) is 5.96 Å². The third-order valence-corrected chi connectivity index (χ3v) is 3.44. The summed E-state index contributed by atoms with van der Waals surface area (Å²) in [5.41, 5.74) is 0. The third-order valence-electron chi connectivity index (χ3n) is 2.57. The predicted octanol–water partition coefficient (Wildman–Crippen LogP) is 2.25. The molecule has 0 atom stereocenters. The second-order valence-corrected chi connectivity index (χ2v) is 5.09. The molecule has 0 aliphatic heterocycles. The number of nitrogens with zero attached hydrogens (tertiary/aromatic N) is 1. The molecular weight excluding hydrogens is 270 g/mol. The molecule has 2 aromatic rings. The van der Waals surface area contributed by atoms with Crippen molar-refractivity contribution in [1.82, 2.24) is 10.6 Å². The largest absolute Gasteiger partial charge is 0.469 e. The highest BCUT2D eigenvalue weighted by Crippen LogP contribution is 2.09. The number of thiophene rings is 1. The van der Waals surface area contributed by atoms with Crippen LogP contribution in [0.1, 0.15) is 10.6 Å². The van der Waals surface area contributed by atoms with Crippen molar-refractivity contribution in [2.75, 3.05) is 13.1 Å². The van der Waals surface area contributed by atoms with Crippen LogP contribution in [0, 0.1) is 12.3 Å². The van der Waals surface area contributed by atoms with Crippen LogP contribution in [0.5, 0.6) is 0 Å². The molecule has 0 aliphatic carbocycles. The van der Waals surface area contributed by atoms with Crippen molar-refractivity contribution in [3.8, 4) is 12.3 Å². The van der Waals surface area contributed by atoms with Gasteiger partial charge < -0.3 is 15.1 Å². The quantitative estimate of drug-likeness (QED) is 0.487. The molecule has 20 heavy (non-hydrogen) atoms. The van der Waals surface area contributed by atoms with Gasteiger partial charge in [0.2, 0.25) is 0 Å². The van der Waals surface area contributed by atoms with Crippen molar-refractivity contribution in [2.24, 2.45) is 4.99 Å². The van der Waals surface area contributed by atoms with E-state index >= 15 is 0 Å². The molecule has 0 saturated heterocycles. The molecule has 0 unspecified atom stereocenters. The standard InChI is InChI=1S/C15H17N3OS/c1-2-8-16-15(18-12-14-6-4-11-20-14)17-9-7-13-5-3-10-19-13/h1,3-6,10-11H,7-9,12H2,(H2,16,17,18). The fraction of sp³-hybridized carbons (Fsp3) is 0.267. The van der Waals surface area contributed by atoms with E-state index in [1.165, 1.54) is 4.88 Å². The lowest BCUT2D eigenvalue weighted by atomic mass is 10.3. The van der Waals surface area contributed by atoms with Crippen molar-refractivity contribution in [2.45, 2.75) is 13.0 Å². The molecule has 2 heterocycles. The summed E-state index contributed by atoms with van der Waals surface area (Å²) in [6.45, 7) is 1.85. The van der Waals surface area contributed by atoms with E-state index in [9.17, 15) is 0 Å². The fourth-order valence-corrected chi connectivity index (χ4v) is 2.26. The number of hydrogen-bond acceptors (Lipinski definition) is 3. The Morgan fingerprint density at radius 3 is 3.00 bits per heavy atom. The summed E-state index contributed by atoms with van der Waals surface area (Å²) in [5.74, 6) is 4.22. The number of rotatable bonds is 6. The molecule has 2 rings (SSSR count). The second kappa shape index (κ2) is 8.08. The van der Waals surface area contributed by atoms with E-state index in [1.807, 2.05) is 23.6 Å². The lowest BCUT2D eigenvalue weighted by molar-refractivity contribution is 0.507. The van der Waals surface area contributed by atoms with Gasteiger partial charge in [-0.05, 0) is 23.6 Å². The topological polar surface area (TPSA) is 49.6 Å². The van der Waals surface area contributed by atoms with Crippen molar-refractivity contribution in [1.29, 1.82) is 0 Å². The molecule has 4 nitrogen and oxygen atoms in total. The zero-order valence-corrected chi connectivity index (χ0v) is 12.0. The van der Waals surface area contributed by atoms with E-state index in [1.54, 1.807) is 17.6 Å². The Morgan fingerprint density at radius 2 is 2.30 bits per heavy atom. The second-order valence-electron chi connectivity index (χ2n) is 4.06. The van der Waals surface area contributed by atoms with Crippen molar-refractivity contribution >= 4 is 17.3 Å². The van der Waals surface area contributed by atoms with Crippen molar-refractivity contribution in [3.63, 3.8) is 0 Å². The molecule has 0 aliphatic rings. The van der Waals surface area contributed by atoms with Crippen LogP contribution in [0.2, 0.25) is 0 Å². The molecule has 0 fully saturated rings. The summed E-state index contributed by atoms with van der Waals surface area (Å²) in [4.78, 5) is 5.72. The number of furan rings is 1. The molecule has 0 aromatic carbocycles. The van der Waals surface area contributed by atoms with Gasteiger partial charge in [0.25, 0.3) is 0 Å². The van der Waals surface area contributed by atoms with E-state index in [0.717, 1.165) is 24.7 Å². The van der Waals surface area contributed by atoms with Crippen LogP contribution >= 0.6 is 11.3 Å². The monoisotopic (exact) mass is 287 g/mol. The summed E-state index contributed by atoms with van der Waals surface area (Å²) in [7, 11) is 0. The van der Waals surface area contributed by atoms with Crippen LogP contribution in [0.4, 0.5) is 0 Å². The molecule has 0 amide bonds. The van der Waals surface area contributed by atoms with E-state index < -0.39 is 0 Å². The Bertz CT molecular complexity index is 552. The van der Waals surface area contributed by atoms with Gasteiger partial charge in [-0.3, -0.25) is 0 Å². The van der Waals surface area contributed by atoms with Crippen LogP contribution in [0.25, 0.3) is 0 Å². The first-order chi connectivity index (χ1) is 9.88. The summed E-state index contributed by atoms with van der Waals surface area (Å²) < 4.78 is 5.28. The molecule has 2 aromatic heterocycles. The van der Waals surface area contributed by atoms with Crippen LogP contribution in [0.15, 0.2) is 45.3 Å². The van der Waals surface area contributed by atoms with Gasteiger partial charge in [0, 0.05) is 17.8 Å². The Hall–Kier alpha value is -2.19. The Kier molecular flexibility index (Phi) is 5.74. The van der Waals surface area contributed by atoms with Crippen LogP contribution in [0.3, 0.4) is 0 Å². The number of hydrogen-bond donors (Lipinski definition) is 2. The first-order valence-corrected chi connectivity index (χ1v) is 7.27. The van der Waals surface area contributed by atoms with Gasteiger partial charge in [0.05, 0.1) is 19.4 Å². The van der Waals surface area contributed by atoms with Crippen molar-refractivity contribution < 1.29 is 4.42 Å². The maximum Gasteiger partial charge on any atom is 0.192 e. The van der Waals surface area contributed by atoms with Crippen LogP contribution in [-0.4, -0.2) is 19.0 Å². The molecule has 104 valence electrons. The molecule has 0 bridgehead atoms. The Morgan fingerprint density at radius 1 is 1.35 bits per heavy atom. The lowest BCUT2D eigenvalue weighted by Gasteiger charge is -2.09. The summed E-state index contributed by atoms with van der Waals surface area (Å²) in [6, 6.07) is 7.93. The van der Waals surface area contributed by atoms with E-state index in [2.05, 4.69) is 27.6 Å². The molecule has 0 spiro atoms. The molecule has 2 N–H and O–H groups in total. The average molecular weight is 287 g/mol. The minimum absolute atomic E-state index is 0.455. The van der Waals surface area contributed by atoms with E-state index in [0.29, 0.717) is 13.1 Å². The smallest absolute Gasteiger partial charge is 0.192 e.